The van der Waals surface area contributed by atoms with Gasteiger partial charge in [-0.2, -0.15) is 0 Å². The molecule has 0 amide bonds. The van der Waals surface area contributed by atoms with Crippen molar-refractivity contribution in [3.8, 4) is 0 Å². The Labute approximate surface area is 103 Å². The first-order valence-electron chi connectivity index (χ1n) is 7.27. The van der Waals surface area contributed by atoms with Crippen molar-refractivity contribution in [3.63, 3.8) is 0 Å². The van der Waals surface area contributed by atoms with Crippen LogP contribution in [-0.2, 0) is 0 Å². The molecule has 0 heterocycles. The van der Waals surface area contributed by atoms with Crippen molar-refractivity contribution in [1.29, 1.82) is 0 Å². The Bertz CT molecular complexity index is 146. The van der Waals surface area contributed by atoms with Crippen LogP contribution in [0.25, 0.3) is 0 Å². The fraction of sp³-hybridized carbons (Fsp3) is 1.00. The van der Waals surface area contributed by atoms with Gasteiger partial charge in [0.05, 0.1) is 0 Å². The SMILES string of the molecule is CCCCCCCCCCC(C)C(C)(C)N. The van der Waals surface area contributed by atoms with E-state index in [0.717, 1.165) is 0 Å². The van der Waals surface area contributed by atoms with Gasteiger partial charge in [-0.25, -0.2) is 0 Å². The lowest BCUT2D eigenvalue weighted by atomic mass is 9.86. The summed E-state index contributed by atoms with van der Waals surface area (Å²) in [6.07, 6.45) is 12.5. The molecule has 2 N–H and O–H groups in total. The zero-order chi connectivity index (χ0) is 12.4. The molecule has 0 aromatic rings. The van der Waals surface area contributed by atoms with Crippen molar-refractivity contribution in [2.75, 3.05) is 0 Å². The smallest absolute Gasteiger partial charge is 0.0123 e. The molecule has 1 atom stereocenters. The Morgan fingerprint density at radius 3 is 1.75 bits per heavy atom. The molecule has 0 aliphatic heterocycles. The highest BCUT2D eigenvalue weighted by molar-refractivity contribution is 4.78. The molecule has 0 aromatic heterocycles. The largest absolute Gasteiger partial charge is 0.325 e. The normalized spacial score (nSPS) is 14.1. The molecule has 1 heteroatoms. The Morgan fingerprint density at radius 1 is 0.875 bits per heavy atom. The van der Waals surface area contributed by atoms with Gasteiger partial charge in [0, 0.05) is 5.54 Å². The first-order chi connectivity index (χ1) is 7.48. The second-order valence-corrected chi connectivity index (χ2v) is 5.99. The molecular weight excluding hydrogens is 194 g/mol. The van der Waals surface area contributed by atoms with E-state index in [2.05, 4.69) is 27.7 Å². The van der Waals surface area contributed by atoms with E-state index in [-0.39, 0.29) is 5.54 Å². The predicted molar refractivity (Wildman–Crippen MR) is 74.7 cm³/mol. The molecule has 98 valence electrons. The third-order valence-corrected chi connectivity index (χ3v) is 3.76. The van der Waals surface area contributed by atoms with Crippen LogP contribution >= 0.6 is 0 Å². The highest BCUT2D eigenvalue weighted by Gasteiger charge is 2.19. The molecule has 0 saturated carbocycles. The van der Waals surface area contributed by atoms with Crippen LogP contribution in [0, 0.1) is 5.92 Å². The van der Waals surface area contributed by atoms with Gasteiger partial charge in [0.15, 0.2) is 0 Å². The molecule has 0 bridgehead atoms. The monoisotopic (exact) mass is 227 g/mol. The van der Waals surface area contributed by atoms with Gasteiger partial charge in [0.1, 0.15) is 0 Å². The topological polar surface area (TPSA) is 26.0 Å². The van der Waals surface area contributed by atoms with E-state index in [4.69, 9.17) is 5.73 Å². The highest BCUT2D eigenvalue weighted by atomic mass is 14.7. The Morgan fingerprint density at radius 2 is 1.31 bits per heavy atom. The van der Waals surface area contributed by atoms with Crippen LogP contribution < -0.4 is 5.73 Å². The maximum absolute atomic E-state index is 6.07. The van der Waals surface area contributed by atoms with E-state index in [9.17, 15) is 0 Å². The van der Waals surface area contributed by atoms with Crippen LogP contribution in [0.5, 0.6) is 0 Å². The average Bonchev–Trinajstić information content (AvgIpc) is 2.20. The second-order valence-electron chi connectivity index (χ2n) is 5.99. The van der Waals surface area contributed by atoms with Gasteiger partial charge < -0.3 is 5.73 Å². The summed E-state index contributed by atoms with van der Waals surface area (Å²) in [5, 5.41) is 0. The van der Waals surface area contributed by atoms with Crippen molar-refractivity contribution in [3.05, 3.63) is 0 Å². The van der Waals surface area contributed by atoms with Crippen molar-refractivity contribution in [2.24, 2.45) is 11.7 Å². The standard InChI is InChI=1S/C15H33N/c1-5-6-7-8-9-10-11-12-13-14(2)15(3,4)16/h14H,5-13,16H2,1-4H3. The molecule has 0 aliphatic carbocycles. The van der Waals surface area contributed by atoms with E-state index in [0.29, 0.717) is 5.92 Å². The molecule has 1 unspecified atom stereocenters. The molecular formula is C15H33N. The number of nitrogens with two attached hydrogens (primary N) is 1. The molecule has 1 nitrogen and oxygen atoms in total. The lowest BCUT2D eigenvalue weighted by molar-refractivity contribution is 0.316. The summed E-state index contributed by atoms with van der Waals surface area (Å²) in [4.78, 5) is 0. The van der Waals surface area contributed by atoms with E-state index in [1.165, 1.54) is 57.8 Å². The van der Waals surface area contributed by atoms with Crippen LogP contribution in [0.1, 0.15) is 85.5 Å². The minimum absolute atomic E-state index is 0.00112. The fourth-order valence-electron chi connectivity index (χ4n) is 1.96. The molecule has 0 aliphatic rings. The molecule has 0 aromatic carbocycles. The third kappa shape index (κ3) is 9.21. The Kier molecular flexibility index (Phi) is 9.02. The van der Waals surface area contributed by atoms with E-state index in [1.807, 2.05) is 0 Å². The minimum atomic E-state index is 0.00112. The lowest BCUT2D eigenvalue weighted by Crippen LogP contribution is -2.39. The van der Waals surface area contributed by atoms with Gasteiger partial charge in [0.25, 0.3) is 0 Å². The zero-order valence-electron chi connectivity index (χ0n) is 12.0. The summed E-state index contributed by atoms with van der Waals surface area (Å²) < 4.78 is 0. The van der Waals surface area contributed by atoms with Crippen LogP contribution in [0.2, 0.25) is 0 Å². The van der Waals surface area contributed by atoms with E-state index < -0.39 is 0 Å². The van der Waals surface area contributed by atoms with Gasteiger partial charge in [-0.15, -0.1) is 0 Å². The number of hydrogen-bond acceptors (Lipinski definition) is 1. The maximum atomic E-state index is 6.07. The van der Waals surface area contributed by atoms with Gasteiger partial charge >= 0.3 is 0 Å². The maximum Gasteiger partial charge on any atom is 0.0123 e. The predicted octanol–water partition coefficient (Wildman–Crippen LogP) is 4.89. The Hall–Kier alpha value is -0.0400. The van der Waals surface area contributed by atoms with Crippen LogP contribution in [0.4, 0.5) is 0 Å². The first kappa shape index (κ1) is 16.0. The van der Waals surface area contributed by atoms with Gasteiger partial charge in [-0.3, -0.25) is 0 Å². The summed E-state index contributed by atoms with van der Waals surface area (Å²) in [6.45, 7) is 8.84. The van der Waals surface area contributed by atoms with Gasteiger partial charge in [-0.1, -0.05) is 65.2 Å². The summed E-state index contributed by atoms with van der Waals surface area (Å²) in [5.74, 6) is 0.646. The lowest BCUT2D eigenvalue weighted by Gasteiger charge is -2.27. The van der Waals surface area contributed by atoms with Crippen molar-refractivity contribution in [1.82, 2.24) is 0 Å². The van der Waals surface area contributed by atoms with Crippen molar-refractivity contribution >= 4 is 0 Å². The Balaban J connectivity index is 3.21. The average molecular weight is 227 g/mol. The molecule has 0 rings (SSSR count). The minimum Gasteiger partial charge on any atom is -0.325 e. The molecule has 16 heavy (non-hydrogen) atoms. The van der Waals surface area contributed by atoms with Crippen molar-refractivity contribution < 1.29 is 0 Å². The molecule has 0 saturated heterocycles. The fourth-order valence-corrected chi connectivity index (χ4v) is 1.96. The van der Waals surface area contributed by atoms with Crippen LogP contribution in [-0.4, -0.2) is 5.54 Å². The van der Waals surface area contributed by atoms with Gasteiger partial charge in [-0.05, 0) is 26.2 Å². The van der Waals surface area contributed by atoms with Gasteiger partial charge in [0.2, 0.25) is 0 Å². The summed E-state index contributed by atoms with van der Waals surface area (Å²) >= 11 is 0. The zero-order valence-corrected chi connectivity index (χ0v) is 12.0. The molecule has 0 radical (unpaired) electrons. The number of unbranched alkanes of at least 4 members (excludes halogenated alkanes) is 7. The molecule has 0 spiro atoms. The highest BCUT2D eigenvalue weighted by Crippen LogP contribution is 2.20. The molecule has 0 fully saturated rings. The first-order valence-corrected chi connectivity index (χ1v) is 7.27. The quantitative estimate of drug-likeness (QED) is 0.528. The van der Waals surface area contributed by atoms with Crippen LogP contribution in [0.3, 0.4) is 0 Å². The van der Waals surface area contributed by atoms with Crippen molar-refractivity contribution in [2.45, 2.75) is 91.0 Å². The second kappa shape index (κ2) is 9.04. The van der Waals surface area contributed by atoms with E-state index >= 15 is 0 Å². The summed E-state index contributed by atoms with van der Waals surface area (Å²) in [6, 6.07) is 0. The summed E-state index contributed by atoms with van der Waals surface area (Å²) in [5.41, 5.74) is 6.08. The number of hydrogen-bond donors (Lipinski definition) is 1. The van der Waals surface area contributed by atoms with Crippen LogP contribution in [0.15, 0.2) is 0 Å². The third-order valence-electron chi connectivity index (χ3n) is 3.76. The number of rotatable bonds is 10. The van der Waals surface area contributed by atoms with E-state index in [1.54, 1.807) is 0 Å². The summed E-state index contributed by atoms with van der Waals surface area (Å²) in [7, 11) is 0.